The summed E-state index contributed by atoms with van der Waals surface area (Å²) < 4.78 is 0. The molecule has 8 nitrogen and oxygen atoms in total. The van der Waals surface area contributed by atoms with Crippen LogP contribution in [-0.2, 0) is 4.79 Å². The van der Waals surface area contributed by atoms with Gasteiger partial charge in [-0.2, -0.15) is 0 Å². The molecule has 38 heavy (non-hydrogen) atoms. The topological polar surface area (TPSA) is 95.9 Å². The number of hydrogen-bond donors (Lipinski definition) is 2. The van der Waals surface area contributed by atoms with Crippen LogP contribution in [0.5, 0.6) is 0 Å². The van der Waals surface area contributed by atoms with E-state index in [0.717, 1.165) is 34.2 Å². The van der Waals surface area contributed by atoms with Crippen molar-refractivity contribution in [1.29, 1.82) is 0 Å². The van der Waals surface area contributed by atoms with Crippen molar-refractivity contribution in [3.8, 4) is 11.3 Å². The first-order valence-corrected chi connectivity index (χ1v) is 12.7. The Hall–Kier alpha value is -4.17. The number of nitrogens with zero attached hydrogens (tertiary/aromatic N) is 5. The number of likely N-dealkylation sites (tertiary alicyclic amines) is 1. The summed E-state index contributed by atoms with van der Waals surface area (Å²) in [4.78, 5) is 27.7. The fourth-order valence-corrected chi connectivity index (χ4v) is 4.19. The highest BCUT2D eigenvalue weighted by Gasteiger charge is 2.17. The lowest BCUT2D eigenvalue weighted by molar-refractivity contribution is -0.0979. The second-order valence-electron chi connectivity index (χ2n) is 9.23. The molecular formula is C30H37N7O. The van der Waals surface area contributed by atoms with Crippen LogP contribution in [0.1, 0.15) is 35.6 Å². The maximum Gasteiger partial charge on any atom is 0.227 e. The Bertz CT molecular complexity index is 1260. The van der Waals surface area contributed by atoms with E-state index in [1.807, 2.05) is 45.0 Å². The van der Waals surface area contributed by atoms with Crippen molar-refractivity contribution >= 4 is 24.1 Å². The van der Waals surface area contributed by atoms with Crippen molar-refractivity contribution in [3.63, 3.8) is 0 Å². The predicted molar refractivity (Wildman–Crippen MR) is 155 cm³/mol. The summed E-state index contributed by atoms with van der Waals surface area (Å²) >= 11 is 0. The summed E-state index contributed by atoms with van der Waals surface area (Å²) in [6, 6.07) is 16.7. The Morgan fingerprint density at radius 3 is 2.34 bits per heavy atom. The van der Waals surface area contributed by atoms with Gasteiger partial charge in [0.1, 0.15) is 6.79 Å². The minimum Gasteiger partial charge on any atom is -0.387 e. The van der Waals surface area contributed by atoms with Gasteiger partial charge < -0.3 is 20.3 Å². The van der Waals surface area contributed by atoms with E-state index in [4.69, 9.17) is 4.79 Å². The average molecular weight is 512 g/mol. The van der Waals surface area contributed by atoms with Gasteiger partial charge in [-0.3, -0.25) is 9.97 Å². The first-order chi connectivity index (χ1) is 18.5. The molecule has 0 atom stereocenters. The summed E-state index contributed by atoms with van der Waals surface area (Å²) in [6.07, 6.45) is 9.66. The Morgan fingerprint density at radius 1 is 0.947 bits per heavy atom. The standard InChI is InChI=1S/C16H16N6.C13H19N.CH2O/c1-11-15(8-13(17-2)10-20-11)22-16-19-7-5-14(21-16)12-4-3-6-18-9-12;1-11-3-5-12(6-4-11)13-7-9-14(2)10-8-13;1-2/h3-10,17H,1-2H3,(H,19,21,22);3-6,13H,7-10H2,1-2H3;1H2. The van der Waals surface area contributed by atoms with Crippen molar-refractivity contribution in [2.24, 2.45) is 0 Å². The SMILES string of the molecule is C=O.CNc1cnc(C)c(Nc2nccc(-c3cccnc3)n2)c1.Cc1ccc(C2CCN(C)CC2)cc1. The summed E-state index contributed by atoms with van der Waals surface area (Å²) in [6.45, 7) is 8.59. The van der Waals surface area contributed by atoms with Gasteiger partial charge in [0, 0.05) is 31.2 Å². The molecule has 1 aliphatic heterocycles. The Morgan fingerprint density at radius 2 is 1.68 bits per heavy atom. The molecule has 4 heterocycles. The highest BCUT2D eigenvalue weighted by molar-refractivity contribution is 5.64. The zero-order valence-corrected chi connectivity index (χ0v) is 22.7. The molecule has 2 N–H and O–H groups in total. The molecule has 5 rings (SSSR count). The first kappa shape index (κ1) is 28.4. The number of nitrogens with one attached hydrogen (secondary N) is 2. The molecule has 198 valence electrons. The molecule has 0 spiro atoms. The number of anilines is 3. The molecule has 1 aliphatic rings. The molecule has 0 unspecified atom stereocenters. The fraction of sp³-hybridized carbons (Fsp3) is 0.300. The third kappa shape index (κ3) is 8.18. The Labute approximate surface area is 225 Å². The van der Waals surface area contributed by atoms with Crippen LogP contribution in [0.15, 0.2) is 73.3 Å². The summed E-state index contributed by atoms with van der Waals surface area (Å²) in [5.41, 5.74) is 7.35. The quantitative estimate of drug-likeness (QED) is 0.355. The van der Waals surface area contributed by atoms with Gasteiger partial charge in [0.25, 0.3) is 0 Å². The van der Waals surface area contributed by atoms with E-state index in [1.165, 1.54) is 37.1 Å². The van der Waals surface area contributed by atoms with Crippen molar-refractivity contribution < 1.29 is 4.79 Å². The molecule has 1 fully saturated rings. The number of carbonyl (C=O) groups excluding carboxylic acids is 1. The fourth-order valence-electron chi connectivity index (χ4n) is 4.19. The zero-order chi connectivity index (χ0) is 27.3. The minimum atomic E-state index is 0.527. The minimum absolute atomic E-state index is 0.527. The van der Waals surface area contributed by atoms with E-state index >= 15 is 0 Å². The second-order valence-corrected chi connectivity index (χ2v) is 9.23. The number of pyridine rings is 2. The Kier molecular flexibility index (Phi) is 10.9. The average Bonchev–Trinajstić information content (AvgIpc) is 2.97. The maximum atomic E-state index is 8.00. The molecule has 3 aromatic heterocycles. The number of benzene rings is 1. The van der Waals surface area contributed by atoms with Crippen molar-refractivity contribution in [2.45, 2.75) is 32.6 Å². The van der Waals surface area contributed by atoms with E-state index in [9.17, 15) is 0 Å². The summed E-state index contributed by atoms with van der Waals surface area (Å²) in [5, 5.41) is 6.28. The lowest BCUT2D eigenvalue weighted by Gasteiger charge is -2.29. The van der Waals surface area contributed by atoms with Gasteiger partial charge in [-0.25, -0.2) is 9.97 Å². The Balaban J connectivity index is 0.000000215. The van der Waals surface area contributed by atoms with Gasteiger partial charge in [0.2, 0.25) is 5.95 Å². The number of aromatic nitrogens is 4. The highest BCUT2D eigenvalue weighted by Crippen LogP contribution is 2.27. The normalized spacial score (nSPS) is 13.4. The van der Waals surface area contributed by atoms with Gasteiger partial charge in [-0.05, 0) is 82.6 Å². The van der Waals surface area contributed by atoms with E-state index in [1.54, 1.807) is 24.8 Å². The number of hydrogen-bond acceptors (Lipinski definition) is 8. The van der Waals surface area contributed by atoms with Gasteiger partial charge in [0.15, 0.2) is 0 Å². The summed E-state index contributed by atoms with van der Waals surface area (Å²) in [5.74, 6) is 1.33. The molecule has 0 amide bonds. The van der Waals surface area contributed by atoms with Crippen molar-refractivity contribution in [3.05, 3.63) is 90.1 Å². The monoisotopic (exact) mass is 511 g/mol. The molecule has 4 aromatic rings. The molecular weight excluding hydrogens is 474 g/mol. The van der Waals surface area contributed by atoms with E-state index in [-0.39, 0.29) is 0 Å². The number of carbonyl (C=O) groups is 1. The molecule has 0 radical (unpaired) electrons. The van der Waals surface area contributed by atoms with Crippen LogP contribution in [0, 0.1) is 13.8 Å². The third-order valence-electron chi connectivity index (χ3n) is 6.50. The van der Waals surface area contributed by atoms with Gasteiger partial charge >= 0.3 is 0 Å². The van der Waals surface area contributed by atoms with Crippen LogP contribution < -0.4 is 10.6 Å². The number of aryl methyl sites for hydroxylation is 2. The largest absolute Gasteiger partial charge is 0.387 e. The number of rotatable bonds is 5. The summed E-state index contributed by atoms with van der Waals surface area (Å²) in [7, 11) is 4.07. The van der Waals surface area contributed by atoms with Gasteiger partial charge in [-0.15, -0.1) is 0 Å². The maximum absolute atomic E-state index is 8.00. The second kappa shape index (κ2) is 14.5. The van der Waals surface area contributed by atoms with Crippen molar-refractivity contribution in [1.82, 2.24) is 24.8 Å². The number of piperidine rings is 1. The zero-order valence-electron chi connectivity index (χ0n) is 22.7. The third-order valence-corrected chi connectivity index (χ3v) is 6.50. The first-order valence-electron chi connectivity index (χ1n) is 12.7. The molecule has 1 saturated heterocycles. The molecule has 0 aliphatic carbocycles. The van der Waals surface area contributed by atoms with Crippen LogP contribution in [0.25, 0.3) is 11.3 Å². The lowest BCUT2D eigenvalue weighted by atomic mass is 9.89. The molecule has 8 heteroatoms. The van der Waals surface area contributed by atoms with Crippen LogP contribution in [-0.4, -0.2) is 58.8 Å². The van der Waals surface area contributed by atoms with Crippen molar-refractivity contribution in [2.75, 3.05) is 37.8 Å². The van der Waals surface area contributed by atoms with Crippen LogP contribution >= 0.6 is 0 Å². The van der Waals surface area contributed by atoms with Crippen LogP contribution in [0.3, 0.4) is 0 Å². The highest BCUT2D eigenvalue weighted by atomic mass is 16.1. The lowest BCUT2D eigenvalue weighted by Crippen LogP contribution is -2.29. The molecule has 1 aromatic carbocycles. The van der Waals surface area contributed by atoms with E-state index in [2.05, 4.69) is 73.7 Å². The van der Waals surface area contributed by atoms with E-state index in [0.29, 0.717) is 5.95 Å². The van der Waals surface area contributed by atoms with Gasteiger partial charge in [0.05, 0.1) is 29.0 Å². The molecule has 0 bridgehead atoms. The molecule has 0 saturated carbocycles. The smallest absolute Gasteiger partial charge is 0.227 e. The van der Waals surface area contributed by atoms with Crippen LogP contribution in [0.2, 0.25) is 0 Å². The van der Waals surface area contributed by atoms with Gasteiger partial charge in [-0.1, -0.05) is 29.8 Å². The van der Waals surface area contributed by atoms with E-state index < -0.39 is 0 Å². The predicted octanol–water partition coefficient (Wildman–Crippen LogP) is 5.65. The van der Waals surface area contributed by atoms with Crippen LogP contribution in [0.4, 0.5) is 17.3 Å².